The first kappa shape index (κ1) is 18.5. The van der Waals surface area contributed by atoms with Crippen molar-refractivity contribution in [1.29, 1.82) is 0 Å². The summed E-state index contributed by atoms with van der Waals surface area (Å²) in [5.41, 5.74) is 1.24. The molecule has 29 heavy (non-hydrogen) atoms. The van der Waals surface area contributed by atoms with Gasteiger partial charge in [0.05, 0.1) is 11.0 Å². The molecular formula is C24H34N2O3. The van der Waals surface area contributed by atoms with Crippen LogP contribution < -0.4 is 10.1 Å². The molecule has 2 saturated carbocycles. The molecule has 3 aliphatic carbocycles. The van der Waals surface area contributed by atoms with E-state index in [0.29, 0.717) is 11.7 Å². The van der Waals surface area contributed by atoms with Crippen LogP contribution in [0.25, 0.3) is 0 Å². The molecule has 5 heteroatoms. The zero-order valence-corrected chi connectivity index (χ0v) is 17.7. The van der Waals surface area contributed by atoms with Gasteiger partial charge in [-0.25, -0.2) is 0 Å². The summed E-state index contributed by atoms with van der Waals surface area (Å²) < 4.78 is 6.56. The van der Waals surface area contributed by atoms with Gasteiger partial charge in [-0.3, -0.25) is 4.90 Å². The topological polar surface area (TPSA) is 65.0 Å². The highest BCUT2D eigenvalue weighted by Crippen LogP contribution is 2.65. The van der Waals surface area contributed by atoms with Gasteiger partial charge in [-0.15, -0.1) is 0 Å². The zero-order chi connectivity index (χ0) is 20.0. The summed E-state index contributed by atoms with van der Waals surface area (Å²) in [7, 11) is 0. The second kappa shape index (κ2) is 6.12. The molecule has 0 radical (unpaired) electrons. The highest BCUT2D eigenvalue weighted by molar-refractivity contribution is 5.62. The van der Waals surface area contributed by atoms with Gasteiger partial charge in [0.2, 0.25) is 0 Å². The molecule has 2 heterocycles. The van der Waals surface area contributed by atoms with Crippen LogP contribution in [-0.4, -0.2) is 58.5 Å². The van der Waals surface area contributed by atoms with Gasteiger partial charge in [0.15, 0.2) is 11.5 Å². The number of piperidine rings is 1. The monoisotopic (exact) mass is 398 g/mol. The summed E-state index contributed by atoms with van der Waals surface area (Å²) in [5.74, 6) is 2.28. The summed E-state index contributed by atoms with van der Waals surface area (Å²) in [6.45, 7) is 7.56. The number of hydrogen-bond donors (Lipinski definition) is 3. The smallest absolute Gasteiger partial charge is 0.165 e. The van der Waals surface area contributed by atoms with Gasteiger partial charge in [0.25, 0.3) is 0 Å². The number of aromatic hydroxyl groups is 1. The van der Waals surface area contributed by atoms with E-state index in [-0.39, 0.29) is 23.9 Å². The van der Waals surface area contributed by atoms with E-state index >= 15 is 0 Å². The van der Waals surface area contributed by atoms with Gasteiger partial charge in [-0.1, -0.05) is 19.9 Å². The quantitative estimate of drug-likeness (QED) is 0.712. The Morgan fingerprint density at radius 3 is 2.83 bits per heavy atom. The molecule has 1 aromatic rings. The lowest BCUT2D eigenvalue weighted by Crippen LogP contribution is -2.78. The third-order valence-corrected chi connectivity index (χ3v) is 8.55. The number of ether oxygens (including phenoxy) is 1. The lowest BCUT2D eigenvalue weighted by atomic mass is 9.48. The Bertz CT molecular complexity index is 838. The molecule has 5 atom stereocenters. The molecular weight excluding hydrogens is 364 g/mol. The first-order valence-electron chi connectivity index (χ1n) is 11.7. The molecule has 5 aliphatic rings. The second-order valence-electron chi connectivity index (χ2n) is 10.7. The molecule has 1 spiro atoms. The van der Waals surface area contributed by atoms with Crippen LogP contribution in [0.15, 0.2) is 12.1 Å². The number of phenolic OH excluding ortho intramolecular Hbond substituents is 1. The second-order valence-corrected chi connectivity index (χ2v) is 10.7. The van der Waals surface area contributed by atoms with Crippen molar-refractivity contribution < 1.29 is 14.9 Å². The Balaban J connectivity index is 1.46. The highest BCUT2D eigenvalue weighted by atomic mass is 16.5. The van der Waals surface area contributed by atoms with Gasteiger partial charge in [0, 0.05) is 24.2 Å². The molecule has 158 valence electrons. The molecule has 2 aliphatic heterocycles. The van der Waals surface area contributed by atoms with E-state index in [9.17, 15) is 10.2 Å². The van der Waals surface area contributed by atoms with E-state index in [1.165, 1.54) is 18.4 Å². The van der Waals surface area contributed by atoms with Crippen molar-refractivity contribution in [1.82, 2.24) is 10.2 Å². The molecule has 1 aromatic carbocycles. The van der Waals surface area contributed by atoms with Gasteiger partial charge in [-0.2, -0.15) is 0 Å². The lowest BCUT2D eigenvalue weighted by Gasteiger charge is -2.64. The highest BCUT2D eigenvalue weighted by Gasteiger charge is 2.72. The summed E-state index contributed by atoms with van der Waals surface area (Å²) in [4.78, 5) is 2.59. The van der Waals surface area contributed by atoms with Gasteiger partial charge in [-0.05, 0) is 75.1 Å². The number of aliphatic hydroxyl groups is 1. The van der Waals surface area contributed by atoms with Crippen LogP contribution in [0.4, 0.5) is 0 Å². The summed E-state index contributed by atoms with van der Waals surface area (Å²) in [5, 5.41) is 26.8. The molecule has 3 N–H and O–H groups in total. The molecule has 5 nitrogen and oxygen atoms in total. The predicted octanol–water partition coefficient (Wildman–Crippen LogP) is 2.57. The Morgan fingerprint density at radius 1 is 1.24 bits per heavy atom. The fourth-order valence-electron chi connectivity index (χ4n) is 7.08. The van der Waals surface area contributed by atoms with E-state index in [1.54, 1.807) is 6.07 Å². The van der Waals surface area contributed by atoms with Crippen LogP contribution in [0, 0.1) is 11.8 Å². The number of likely N-dealkylation sites (tertiary alicyclic amines) is 1. The fourth-order valence-corrected chi connectivity index (χ4v) is 7.08. The summed E-state index contributed by atoms with van der Waals surface area (Å²) in [6.07, 6.45) is 6.10. The van der Waals surface area contributed by atoms with Crippen molar-refractivity contribution in [3.63, 3.8) is 0 Å². The minimum absolute atomic E-state index is 0.104. The Labute approximate surface area is 173 Å². The third kappa shape index (κ3) is 2.38. The Kier molecular flexibility index (Phi) is 3.89. The Morgan fingerprint density at radius 2 is 2.07 bits per heavy atom. The summed E-state index contributed by atoms with van der Waals surface area (Å²) >= 11 is 0. The van der Waals surface area contributed by atoms with E-state index in [4.69, 9.17) is 4.74 Å². The van der Waals surface area contributed by atoms with E-state index in [1.807, 2.05) is 0 Å². The first-order valence-corrected chi connectivity index (χ1v) is 11.7. The third-order valence-electron chi connectivity index (χ3n) is 8.55. The van der Waals surface area contributed by atoms with Gasteiger partial charge in [0.1, 0.15) is 6.10 Å². The SMILES string of the molecule is CC(C)CN[C@H]1CCC2(O)[C@H]3Cc4ccc(O)c5c4[C@@]2(CCN3CC2CC2)[C@H]1O5. The van der Waals surface area contributed by atoms with Crippen LogP contribution in [-0.2, 0) is 11.8 Å². The molecule has 0 amide bonds. The number of rotatable bonds is 5. The van der Waals surface area contributed by atoms with Crippen LogP contribution in [0.1, 0.15) is 57.1 Å². The van der Waals surface area contributed by atoms with E-state index < -0.39 is 11.0 Å². The van der Waals surface area contributed by atoms with Crippen LogP contribution in [0.5, 0.6) is 11.5 Å². The van der Waals surface area contributed by atoms with Crippen molar-refractivity contribution in [2.75, 3.05) is 19.6 Å². The number of hydrogen-bond acceptors (Lipinski definition) is 5. The van der Waals surface area contributed by atoms with E-state index in [0.717, 1.165) is 56.8 Å². The largest absolute Gasteiger partial charge is 0.504 e. The molecule has 0 aromatic heterocycles. The molecule has 1 unspecified atom stereocenters. The average molecular weight is 399 g/mol. The van der Waals surface area contributed by atoms with Crippen LogP contribution >= 0.6 is 0 Å². The predicted molar refractivity (Wildman–Crippen MR) is 111 cm³/mol. The van der Waals surface area contributed by atoms with Crippen molar-refractivity contribution in [2.24, 2.45) is 11.8 Å². The maximum Gasteiger partial charge on any atom is 0.165 e. The number of phenols is 1. The summed E-state index contributed by atoms with van der Waals surface area (Å²) in [6, 6.07) is 4.26. The molecule has 3 fully saturated rings. The maximum absolute atomic E-state index is 12.4. The van der Waals surface area contributed by atoms with Gasteiger partial charge < -0.3 is 20.3 Å². The maximum atomic E-state index is 12.4. The standard InChI is InChI=1S/C24H34N2O3/c1-14(2)12-25-17-7-8-24(28)19-11-16-5-6-18(27)21-20(16)23(24,22(17)29-21)9-10-26(19)13-15-3-4-15/h5-6,14-15,17,19,22,25,27-28H,3-4,7-13H2,1-2H3/t17-,19+,22-,23-,24?/m0/s1. The lowest BCUT2D eigenvalue weighted by molar-refractivity contribution is -0.191. The zero-order valence-electron chi connectivity index (χ0n) is 17.7. The fraction of sp³-hybridized carbons (Fsp3) is 0.750. The van der Waals surface area contributed by atoms with Crippen molar-refractivity contribution in [3.05, 3.63) is 23.3 Å². The van der Waals surface area contributed by atoms with Crippen molar-refractivity contribution in [2.45, 2.75) is 81.6 Å². The Hall–Kier alpha value is -1.30. The number of benzene rings is 1. The first-order chi connectivity index (χ1) is 13.9. The minimum Gasteiger partial charge on any atom is -0.504 e. The number of nitrogens with zero attached hydrogens (tertiary/aromatic N) is 1. The van der Waals surface area contributed by atoms with Gasteiger partial charge >= 0.3 is 0 Å². The van der Waals surface area contributed by atoms with Crippen LogP contribution in [0.2, 0.25) is 0 Å². The van der Waals surface area contributed by atoms with Crippen LogP contribution in [0.3, 0.4) is 0 Å². The molecule has 2 bridgehead atoms. The minimum atomic E-state index is -0.771. The van der Waals surface area contributed by atoms with Crippen molar-refractivity contribution in [3.8, 4) is 11.5 Å². The van der Waals surface area contributed by atoms with Crippen molar-refractivity contribution >= 4 is 0 Å². The number of nitrogens with one attached hydrogen (secondary N) is 1. The average Bonchev–Trinajstić information content (AvgIpc) is 3.42. The molecule has 1 saturated heterocycles. The van der Waals surface area contributed by atoms with E-state index in [2.05, 4.69) is 30.1 Å². The normalized spacial score (nSPS) is 40.1. The molecule has 6 rings (SSSR count).